The van der Waals surface area contributed by atoms with Gasteiger partial charge in [-0.05, 0) is 19.8 Å². The zero-order chi connectivity index (χ0) is 13.3. The van der Waals surface area contributed by atoms with E-state index < -0.39 is 10.0 Å². The lowest BCUT2D eigenvalue weighted by Gasteiger charge is -2.35. The van der Waals surface area contributed by atoms with Crippen LogP contribution in [0.25, 0.3) is 0 Å². The summed E-state index contributed by atoms with van der Waals surface area (Å²) in [5.74, 6) is 0.709. The van der Waals surface area contributed by atoms with Gasteiger partial charge < -0.3 is 4.57 Å². The van der Waals surface area contributed by atoms with Gasteiger partial charge in [0.1, 0.15) is 5.82 Å². The van der Waals surface area contributed by atoms with E-state index in [2.05, 4.69) is 20.9 Å². The van der Waals surface area contributed by atoms with Crippen LogP contribution in [-0.2, 0) is 17.1 Å². The summed E-state index contributed by atoms with van der Waals surface area (Å²) >= 11 is 3.32. The van der Waals surface area contributed by atoms with Gasteiger partial charge in [-0.2, -0.15) is 4.31 Å². The average Bonchev–Trinajstić information content (AvgIpc) is 2.57. The lowest BCUT2D eigenvalue weighted by atomic mass is 9.93. The van der Waals surface area contributed by atoms with Crippen molar-refractivity contribution in [3.63, 3.8) is 0 Å². The predicted molar refractivity (Wildman–Crippen MR) is 73.3 cm³/mol. The van der Waals surface area contributed by atoms with Gasteiger partial charge in [0.25, 0.3) is 10.0 Å². The Bertz CT molecular complexity index is 503. The van der Waals surface area contributed by atoms with Gasteiger partial charge in [-0.1, -0.05) is 22.4 Å². The average molecular weight is 336 g/mol. The molecule has 1 aliphatic rings. The molecule has 18 heavy (non-hydrogen) atoms. The van der Waals surface area contributed by atoms with Gasteiger partial charge in [0.05, 0.1) is 0 Å². The normalized spacial score (nSPS) is 17.1. The number of aromatic nitrogens is 2. The topological polar surface area (TPSA) is 55.2 Å². The molecule has 1 aromatic heterocycles. The highest BCUT2D eigenvalue weighted by molar-refractivity contribution is 9.09. The predicted octanol–water partition coefficient (Wildman–Crippen LogP) is 1.67. The van der Waals surface area contributed by atoms with Gasteiger partial charge in [0, 0.05) is 31.2 Å². The third-order valence-corrected chi connectivity index (χ3v) is 5.62. The first-order chi connectivity index (χ1) is 8.46. The molecule has 0 atom stereocenters. The van der Waals surface area contributed by atoms with Gasteiger partial charge in [-0.3, -0.25) is 0 Å². The number of hydrogen-bond donors (Lipinski definition) is 0. The Morgan fingerprint density at radius 2 is 2.22 bits per heavy atom. The molecule has 0 unspecified atom stereocenters. The van der Waals surface area contributed by atoms with E-state index in [-0.39, 0.29) is 11.1 Å². The first kappa shape index (κ1) is 14.0. The van der Waals surface area contributed by atoms with Crippen LogP contribution < -0.4 is 0 Å². The van der Waals surface area contributed by atoms with Crippen molar-refractivity contribution in [2.24, 2.45) is 7.05 Å². The quantitative estimate of drug-likeness (QED) is 0.769. The highest BCUT2D eigenvalue weighted by Gasteiger charge is 2.35. The lowest BCUT2D eigenvalue weighted by molar-refractivity contribution is 0.227. The maximum Gasteiger partial charge on any atom is 0.262 e. The van der Waals surface area contributed by atoms with Crippen LogP contribution in [0.3, 0.4) is 0 Å². The van der Waals surface area contributed by atoms with Gasteiger partial charge in [-0.15, -0.1) is 0 Å². The highest BCUT2D eigenvalue weighted by atomic mass is 79.9. The van der Waals surface area contributed by atoms with Crippen LogP contribution >= 0.6 is 15.9 Å². The van der Waals surface area contributed by atoms with Gasteiger partial charge in [-0.25, -0.2) is 13.4 Å². The second kappa shape index (κ2) is 5.30. The summed E-state index contributed by atoms with van der Waals surface area (Å²) in [4.78, 5) is 4.14. The molecule has 0 aromatic carbocycles. The summed E-state index contributed by atoms with van der Waals surface area (Å²) in [6, 6.07) is 0.148. The monoisotopic (exact) mass is 335 g/mol. The van der Waals surface area contributed by atoms with Gasteiger partial charge >= 0.3 is 0 Å². The molecule has 1 saturated carbocycles. The second-order valence-corrected chi connectivity index (χ2v) is 7.26. The molecule has 0 N–H and O–H groups in total. The molecule has 0 amide bonds. The number of hydrogen-bond acceptors (Lipinski definition) is 3. The minimum atomic E-state index is -3.45. The number of imidazole rings is 1. The van der Waals surface area contributed by atoms with Crippen LogP contribution in [0, 0.1) is 6.92 Å². The minimum Gasteiger partial charge on any atom is -0.337 e. The number of nitrogens with zero attached hydrogens (tertiary/aromatic N) is 3. The van der Waals surface area contributed by atoms with Crippen molar-refractivity contribution >= 4 is 26.0 Å². The summed E-state index contributed by atoms with van der Waals surface area (Å²) < 4.78 is 28.4. The van der Waals surface area contributed by atoms with Crippen LogP contribution in [-0.4, -0.2) is 40.2 Å². The van der Waals surface area contributed by atoms with Gasteiger partial charge in [0.2, 0.25) is 0 Å². The summed E-state index contributed by atoms with van der Waals surface area (Å²) in [6.07, 6.45) is 4.61. The van der Waals surface area contributed by atoms with E-state index in [0.29, 0.717) is 17.7 Å². The van der Waals surface area contributed by atoms with Crippen molar-refractivity contribution in [1.29, 1.82) is 0 Å². The van der Waals surface area contributed by atoms with E-state index in [4.69, 9.17) is 0 Å². The molecule has 0 radical (unpaired) electrons. The molecule has 1 heterocycles. The van der Waals surface area contributed by atoms with Crippen LogP contribution in [0.4, 0.5) is 0 Å². The van der Waals surface area contributed by atoms with E-state index in [0.717, 1.165) is 19.3 Å². The molecule has 1 aromatic rings. The Balaban J connectivity index is 2.32. The maximum atomic E-state index is 12.6. The Morgan fingerprint density at radius 3 is 2.61 bits per heavy atom. The molecular weight excluding hydrogens is 318 g/mol. The molecule has 2 rings (SSSR count). The molecule has 0 aliphatic heterocycles. The summed E-state index contributed by atoms with van der Waals surface area (Å²) in [5.41, 5.74) is 0. The third kappa shape index (κ3) is 2.48. The number of alkyl halides is 1. The number of sulfonamides is 1. The molecule has 5 nitrogen and oxygen atoms in total. The van der Waals surface area contributed by atoms with Crippen LogP contribution in [0.1, 0.15) is 25.1 Å². The van der Waals surface area contributed by atoms with Gasteiger partial charge in [0.15, 0.2) is 5.03 Å². The summed E-state index contributed by atoms with van der Waals surface area (Å²) in [6.45, 7) is 2.31. The van der Waals surface area contributed by atoms with Crippen molar-refractivity contribution in [3.8, 4) is 0 Å². The molecular formula is C11H18BrN3O2S. The van der Waals surface area contributed by atoms with E-state index in [1.165, 1.54) is 0 Å². The Kier molecular flexibility index (Phi) is 4.13. The molecule has 0 saturated heterocycles. The van der Waals surface area contributed by atoms with Crippen molar-refractivity contribution in [2.75, 3.05) is 11.9 Å². The fourth-order valence-corrected chi connectivity index (χ4v) is 4.36. The zero-order valence-corrected chi connectivity index (χ0v) is 13.0. The molecule has 102 valence electrons. The molecule has 7 heteroatoms. The lowest BCUT2D eigenvalue weighted by Crippen LogP contribution is -2.45. The third-order valence-electron chi connectivity index (χ3n) is 3.45. The maximum absolute atomic E-state index is 12.6. The van der Waals surface area contributed by atoms with Crippen LogP contribution in [0.2, 0.25) is 0 Å². The molecule has 0 bridgehead atoms. The number of aryl methyl sites for hydroxylation is 2. The number of rotatable bonds is 5. The van der Waals surface area contributed by atoms with E-state index >= 15 is 0 Å². The first-order valence-electron chi connectivity index (χ1n) is 6.04. The first-order valence-corrected chi connectivity index (χ1v) is 8.60. The largest absolute Gasteiger partial charge is 0.337 e. The molecule has 1 aliphatic carbocycles. The minimum absolute atomic E-state index is 0.148. The Hall–Kier alpha value is -0.400. The molecule has 0 spiro atoms. The van der Waals surface area contributed by atoms with E-state index in [1.54, 1.807) is 29.0 Å². The highest BCUT2D eigenvalue weighted by Crippen LogP contribution is 2.29. The fourth-order valence-electron chi connectivity index (χ4n) is 2.03. The van der Waals surface area contributed by atoms with Crippen LogP contribution in [0.5, 0.6) is 0 Å². The second-order valence-electron chi connectivity index (χ2n) is 4.63. The van der Waals surface area contributed by atoms with E-state index in [1.807, 2.05) is 0 Å². The molecule has 1 fully saturated rings. The van der Waals surface area contributed by atoms with E-state index in [9.17, 15) is 8.42 Å². The van der Waals surface area contributed by atoms with Crippen molar-refractivity contribution in [3.05, 3.63) is 12.0 Å². The SMILES string of the molecule is Cc1nc(S(=O)(=O)N(CCBr)C2CCC2)cn1C. The van der Waals surface area contributed by atoms with Crippen molar-refractivity contribution in [2.45, 2.75) is 37.3 Å². The van der Waals surface area contributed by atoms with Crippen molar-refractivity contribution < 1.29 is 8.42 Å². The number of halogens is 1. The smallest absolute Gasteiger partial charge is 0.262 e. The summed E-state index contributed by atoms with van der Waals surface area (Å²) in [5, 5.41) is 0.810. The fraction of sp³-hybridized carbons (Fsp3) is 0.727. The zero-order valence-electron chi connectivity index (χ0n) is 10.6. The summed E-state index contributed by atoms with van der Waals surface area (Å²) in [7, 11) is -1.65. The standard InChI is InChI=1S/C11H18BrN3O2S/c1-9-13-11(8-14(9)2)18(16,17)15(7-6-12)10-4-3-5-10/h8,10H,3-7H2,1-2H3. The Morgan fingerprint density at radius 1 is 1.56 bits per heavy atom. The Labute approximate surface area is 116 Å². The van der Waals surface area contributed by atoms with Crippen molar-refractivity contribution in [1.82, 2.24) is 13.9 Å². The van der Waals surface area contributed by atoms with Crippen LogP contribution in [0.15, 0.2) is 11.2 Å².